The summed E-state index contributed by atoms with van der Waals surface area (Å²) in [6.45, 7) is 0. The lowest BCUT2D eigenvalue weighted by molar-refractivity contribution is -0.110. The van der Waals surface area contributed by atoms with Gasteiger partial charge in [0.15, 0.2) is 0 Å². The first-order valence-corrected chi connectivity index (χ1v) is 9.84. The molecule has 0 radical (unpaired) electrons. The summed E-state index contributed by atoms with van der Waals surface area (Å²) in [6.07, 6.45) is 21.6. The van der Waals surface area contributed by atoms with E-state index in [0.717, 1.165) is 18.5 Å². The third-order valence-electron chi connectivity index (χ3n) is 5.59. The maximum absolute atomic E-state index is 9.96. The zero-order valence-electron chi connectivity index (χ0n) is 14.3. The van der Waals surface area contributed by atoms with Crippen molar-refractivity contribution in [2.45, 2.75) is 114 Å². The number of rotatable bonds is 4. The van der Waals surface area contributed by atoms with E-state index in [1.54, 1.807) is 0 Å². The van der Waals surface area contributed by atoms with E-state index in [0.29, 0.717) is 6.04 Å². The minimum atomic E-state index is 0.483. The molecule has 2 N–H and O–H groups in total. The van der Waals surface area contributed by atoms with Gasteiger partial charge in [-0.2, -0.15) is 0 Å². The fourth-order valence-electron chi connectivity index (χ4n) is 4.24. The second-order valence-corrected chi connectivity index (χ2v) is 7.46. The van der Waals surface area contributed by atoms with E-state index >= 15 is 0 Å². The van der Waals surface area contributed by atoms with Gasteiger partial charge in [0.05, 0.1) is 0 Å². The van der Waals surface area contributed by atoms with Gasteiger partial charge in [-0.05, 0) is 38.5 Å². The van der Waals surface area contributed by atoms with Gasteiger partial charge < -0.3 is 10.6 Å². The molecule has 0 aliphatic heterocycles. The predicted molar refractivity (Wildman–Crippen MR) is 93.0 cm³/mol. The molecular weight excluding hydrogens is 272 g/mol. The van der Waals surface area contributed by atoms with Crippen LogP contribution in [0.1, 0.15) is 96.3 Å². The third-order valence-corrected chi connectivity index (χ3v) is 5.59. The smallest absolute Gasteiger partial charge is 0.207 e. The molecule has 0 saturated heterocycles. The molecule has 128 valence electrons. The summed E-state index contributed by atoms with van der Waals surface area (Å²) in [5.41, 5.74) is 0. The standard InChI is InChI=1S/C12H23N.C7H13NO/c1-3-7-11(8-4-1)13-12-9-5-2-6-10-12;9-6-8-7-4-2-1-3-5-7/h11-13H,1-10H2;6-7H,1-5H2,(H,8,9). The van der Waals surface area contributed by atoms with Crippen LogP contribution >= 0.6 is 0 Å². The lowest BCUT2D eigenvalue weighted by atomic mass is 9.91. The Kier molecular flexibility index (Phi) is 8.92. The van der Waals surface area contributed by atoms with Crippen LogP contribution in [0.2, 0.25) is 0 Å². The molecule has 0 spiro atoms. The zero-order valence-corrected chi connectivity index (χ0v) is 14.3. The minimum Gasteiger partial charge on any atom is -0.356 e. The SMILES string of the molecule is C1CCC(NC2CCCCC2)CC1.O=CNC1CCCCC1. The van der Waals surface area contributed by atoms with E-state index in [1.807, 2.05) is 0 Å². The second kappa shape index (κ2) is 11.0. The van der Waals surface area contributed by atoms with Gasteiger partial charge in [0.25, 0.3) is 0 Å². The number of hydrogen-bond donors (Lipinski definition) is 2. The van der Waals surface area contributed by atoms with Gasteiger partial charge in [-0.3, -0.25) is 4.79 Å². The molecule has 3 aliphatic rings. The normalized spacial score (nSPS) is 25.1. The van der Waals surface area contributed by atoms with Crippen LogP contribution in [-0.4, -0.2) is 24.5 Å². The first-order valence-electron chi connectivity index (χ1n) is 9.84. The monoisotopic (exact) mass is 308 g/mol. The van der Waals surface area contributed by atoms with Crippen molar-refractivity contribution >= 4 is 6.41 Å². The Morgan fingerprint density at radius 2 is 0.909 bits per heavy atom. The summed E-state index contributed by atoms with van der Waals surface area (Å²) >= 11 is 0. The van der Waals surface area contributed by atoms with Gasteiger partial charge in [0.1, 0.15) is 0 Å². The van der Waals surface area contributed by atoms with Gasteiger partial charge in [-0.15, -0.1) is 0 Å². The van der Waals surface area contributed by atoms with Crippen LogP contribution in [-0.2, 0) is 4.79 Å². The van der Waals surface area contributed by atoms with Crippen molar-refractivity contribution in [3.8, 4) is 0 Å². The van der Waals surface area contributed by atoms with Crippen molar-refractivity contribution in [1.29, 1.82) is 0 Å². The van der Waals surface area contributed by atoms with Crippen molar-refractivity contribution < 1.29 is 4.79 Å². The summed E-state index contributed by atoms with van der Waals surface area (Å²) in [4.78, 5) is 9.96. The molecule has 0 atom stereocenters. The summed E-state index contributed by atoms with van der Waals surface area (Å²) in [7, 11) is 0. The Morgan fingerprint density at radius 1 is 0.545 bits per heavy atom. The van der Waals surface area contributed by atoms with Crippen LogP contribution < -0.4 is 10.6 Å². The highest BCUT2D eigenvalue weighted by Gasteiger charge is 2.19. The van der Waals surface area contributed by atoms with Gasteiger partial charge in [0.2, 0.25) is 6.41 Å². The molecule has 22 heavy (non-hydrogen) atoms. The largest absolute Gasteiger partial charge is 0.356 e. The van der Waals surface area contributed by atoms with Gasteiger partial charge in [-0.25, -0.2) is 0 Å². The fourth-order valence-corrected chi connectivity index (χ4v) is 4.24. The highest BCUT2D eigenvalue weighted by atomic mass is 16.1. The molecule has 3 nitrogen and oxygen atoms in total. The first kappa shape index (κ1) is 17.8. The molecule has 3 aliphatic carbocycles. The van der Waals surface area contributed by atoms with Crippen molar-refractivity contribution in [2.75, 3.05) is 0 Å². The quantitative estimate of drug-likeness (QED) is 0.760. The Balaban J connectivity index is 0.000000172. The third kappa shape index (κ3) is 7.13. The van der Waals surface area contributed by atoms with Gasteiger partial charge >= 0.3 is 0 Å². The fraction of sp³-hybridized carbons (Fsp3) is 0.947. The van der Waals surface area contributed by atoms with Crippen molar-refractivity contribution in [3.63, 3.8) is 0 Å². The van der Waals surface area contributed by atoms with Crippen LogP contribution in [0, 0.1) is 0 Å². The molecule has 0 aromatic heterocycles. The Morgan fingerprint density at radius 3 is 1.27 bits per heavy atom. The van der Waals surface area contributed by atoms with E-state index in [2.05, 4.69) is 10.6 Å². The van der Waals surface area contributed by atoms with Crippen LogP contribution in [0.3, 0.4) is 0 Å². The van der Waals surface area contributed by atoms with Crippen LogP contribution in [0.5, 0.6) is 0 Å². The number of nitrogens with one attached hydrogen (secondary N) is 2. The highest BCUT2D eigenvalue weighted by molar-refractivity contribution is 5.46. The van der Waals surface area contributed by atoms with E-state index in [1.165, 1.54) is 96.3 Å². The molecule has 3 saturated carbocycles. The average Bonchev–Trinajstić information content (AvgIpc) is 2.59. The molecule has 0 aromatic carbocycles. The topological polar surface area (TPSA) is 41.1 Å². The molecule has 3 fully saturated rings. The van der Waals surface area contributed by atoms with Crippen LogP contribution in [0.4, 0.5) is 0 Å². The molecule has 0 bridgehead atoms. The van der Waals surface area contributed by atoms with E-state index in [9.17, 15) is 4.79 Å². The Labute approximate surface area is 137 Å². The number of amides is 1. The summed E-state index contributed by atoms with van der Waals surface area (Å²) < 4.78 is 0. The van der Waals surface area contributed by atoms with E-state index < -0.39 is 0 Å². The van der Waals surface area contributed by atoms with Gasteiger partial charge in [0, 0.05) is 18.1 Å². The number of carbonyl (C=O) groups excluding carboxylic acids is 1. The van der Waals surface area contributed by atoms with E-state index in [4.69, 9.17) is 0 Å². The lowest BCUT2D eigenvalue weighted by Gasteiger charge is -2.30. The highest BCUT2D eigenvalue weighted by Crippen LogP contribution is 2.22. The number of hydrogen-bond acceptors (Lipinski definition) is 2. The molecule has 0 heterocycles. The molecule has 3 rings (SSSR count). The van der Waals surface area contributed by atoms with Crippen LogP contribution in [0.25, 0.3) is 0 Å². The average molecular weight is 309 g/mol. The van der Waals surface area contributed by atoms with E-state index in [-0.39, 0.29) is 0 Å². The maximum Gasteiger partial charge on any atom is 0.207 e. The molecular formula is C19H36N2O. The zero-order chi connectivity index (χ0) is 15.5. The first-order chi connectivity index (χ1) is 10.9. The molecule has 3 heteroatoms. The van der Waals surface area contributed by atoms with Crippen molar-refractivity contribution in [2.24, 2.45) is 0 Å². The lowest BCUT2D eigenvalue weighted by Crippen LogP contribution is -2.40. The Bertz CT molecular complexity index is 261. The van der Waals surface area contributed by atoms with Gasteiger partial charge in [-0.1, -0.05) is 57.8 Å². The van der Waals surface area contributed by atoms with Crippen molar-refractivity contribution in [1.82, 2.24) is 10.6 Å². The molecule has 0 aromatic rings. The summed E-state index contributed by atoms with van der Waals surface area (Å²) in [6, 6.07) is 2.23. The second-order valence-electron chi connectivity index (χ2n) is 7.46. The van der Waals surface area contributed by atoms with Crippen LogP contribution in [0.15, 0.2) is 0 Å². The number of carbonyl (C=O) groups is 1. The summed E-state index contributed by atoms with van der Waals surface area (Å²) in [5.74, 6) is 0. The van der Waals surface area contributed by atoms with Crippen molar-refractivity contribution in [3.05, 3.63) is 0 Å². The predicted octanol–water partition coefficient (Wildman–Crippen LogP) is 4.31. The summed E-state index contributed by atoms with van der Waals surface area (Å²) in [5, 5.41) is 6.66. The molecule has 0 unspecified atom stereocenters. The minimum absolute atomic E-state index is 0.483. The maximum atomic E-state index is 9.96. The molecule has 1 amide bonds. The Hall–Kier alpha value is -0.570.